The van der Waals surface area contributed by atoms with Gasteiger partial charge in [-0.05, 0) is 50.8 Å². The van der Waals surface area contributed by atoms with Gasteiger partial charge >= 0.3 is 0 Å². The lowest BCUT2D eigenvalue weighted by atomic mass is 9.92. The maximum Gasteiger partial charge on any atom is 0.231 e. The molecule has 0 bridgehead atoms. The smallest absolute Gasteiger partial charge is 0.231 e. The fourth-order valence-electron chi connectivity index (χ4n) is 2.06. The second kappa shape index (κ2) is 4.58. The molecule has 2 rings (SSSR count). The van der Waals surface area contributed by atoms with Crippen molar-refractivity contribution in [2.75, 3.05) is 0 Å². The molecule has 1 aromatic rings. The van der Waals surface area contributed by atoms with Gasteiger partial charge in [0.25, 0.3) is 0 Å². The number of rotatable bonds is 4. The first-order chi connectivity index (χ1) is 8.39. The summed E-state index contributed by atoms with van der Waals surface area (Å²) >= 11 is 5.89. The molecule has 0 atom stereocenters. The Morgan fingerprint density at radius 1 is 1.33 bits per heavy atom. The lowest BCUT2D eigenvalue weighted by molar-refractivity contribution is -0.125. The number of halogens is 1. The number of carbonyl (C=O) groups excluding carboxylic acids is 1. The molecule has 3 heteroatoms. The quantitative estimate of drug-likeness (QED) is 0.884. The summed E-state index contributed by atoms with van der Waals surface area (Å²) in [6, 6.07) is 7.64. The van der Waals surface area contributed by atoms with Crippen LogP contribution in [0.15, 0.2) is 24.3 Å². The molecule has 98 valence electrons. The van der Waals surface area contributed by atoms with Crippen LogP contribution >= 0.6 is 11.6 Å². The van der Waals surface area contributed by atoms with Crippen molar-refractivity contribution >= 4 is 17.5 Å². The van der Waals surface area contributed by atoms with Crippen molar-refractivity contribution in [3.63, 3.8) is 0 Å². The SMILES string of the molecule is CCC(C)(C)NC(=O)C1(c2ccc(Cl)cc2)CC1. The highest BCUT2D eigenvalue weighted by Crippen LogP contribution is 2.48. The monoisotopic (exact) mass is 265 g/mol. The summed E-state index contributed by atoms with van der Waals surface area (Å²) in [5.74, 6) is 0.150. The number of amides is 1. The molecule has 0 aromatic heterocycles. The van der Waals surface area contributed by atoms with E-state index in [2.05, 4.69) is 26.1 Å². The van der Waals surface area contributed by atoms with E-state index in [1.807, 2.05) is 24.3 Å². The normalized spacial score (nSPS) is 17.3. The summed E-state index contributed by atoms with van der Waals surface area (Å²) < 4.78 is 0. The molecule has 0 heterocycles. The molecule has 18 heavy (non-hydrogen) atoms. The molecular weight excluding hydrogens is 246 g/mol. The van der Waals surface area contributed by atoms with Crippen LogP contribution in [-0.2, 0) is 10.2 Å². The number of hydrogen-bond donors (Lipinski definition) is 1. The molecule has 1 aliphatic carbocycles. The number of carbonyl (C=O) groups is 1. The summed E-state index contributed by atoms with van der Waals surface area (Å²) in [6.07, 6.45) is 2.79. The van der Waals surface area contributed by atoms with Crippen LogP contribution in [0.25, 0.3) is 0 Å². The van der Waals surface area contributed by atoms with Crippen molar-refractivity contribution in [2.24, 2.45) is 0 Å². The van der Waals surface area contributed by atoms with Gasteiger partial charge in [-0.3, -0.25) is 4.79 Å². The molecular formula is C15H20ClNO. The molecule has 1 aromatic carbocycles. The van der Waals surface area contributed by atoms with Gasteiger partial charge in [0.05, 0.1) is 5.41 Å². The minimum atomic E-state index is -0.309. The number of benzene rings is 1. The molecule has 0 saturated heterocycles. The summed E-state index contributed by atoms with van der Waals surface area (Å²) in [5, 5.41) is 3.86. The third kappa shape index (κ3) is 2.54. The standard InChI is InChI=1S/C15H20ClNO/c1-4-14(2,3)17-13(18)15(9-10-15)11-5-7-12(16)8-6-11/h5-8H,4,9-10H2,1-3H3,(H,17,18). The van der Waals surface area contributed by atoms with Crippen LogP contribution in [-0.4, -0.2) is 11.4 Å². The van der Waals surface area contributed by atoms with Gasteiger partial charge in [-0.25, -0.2) is 0 Å². The summed E-state index contributed by atoms with van der Waals surface area (Å²) in [4.78, 5) is 12.4. The first kappa shape index (κ1) is 13.4. The zero-order chi connectivity index (χ0) is 13.4. The lowest BCUT2D eigenvalue weighted by Crippen LogP contribution is -2.47. The van der Waals surface area contributed by atoms with Gasteiger partial charge in [-0.15, -0.1) is 0 Å². The van der Waals surface area contributed by atoms with Crippen LogP contribution in [0.2, 0.25) is 5.02 Å². The average Bonchev–Trinajstić information content (AvgIpc) is 3.11. The molecule has 1 aliphatic rings. The second-order valence-electron chi connectivity index (χ2n) is 5.78. The molecule has 0 radical (unpaired) electrons. The van der Waals surface area contributed by atoms with Gasteiger partial charge in [-0.2, -0.15) is 0 Å². The Kier molecular flexibility index (Phi) is 3.41. The van der Waals surface area contributed by atoms with Crippen molar-refractivity contribution in [3.05, 3.63) is 34.9 Å². The predicted octanol–water partition coefficient (Wildman–Crippen LogP) is 3.68. The van der Waals surface area contributed by atoms with Crippen LogP contribution in [0, 0.1) is 0 Å². The Morgan fingerprint density at radius 3 is 2.33 bits per heavy atom. The van der Waals surface area contributed by atoms with Crippen LogP contribution in [0.3, 0.4) is 0 Å². The molecule has 0 aliphatic heterocycles. The third-order valence-electron chi connectivity index (χ3n) is 3.92. The van der Waals surface area contributed by atoms with Gasteiger partial charge in [0.2, 0.25) is 5.91 Å². The number of nitrogens with one attached hydrogen (secondary N) is 1. The fourth-order valence-corrected chi connectivity index (χ4v) is 2.18. The van der Waals surface area contributed by atoms with E-state index in [4.69, 9.17) is 11.6 Å². The van der Waals surface area contributed by atoms with Gasteiger partial charge < -0.3 is 5.32 Å². The maximum atomic E-state index is 12.4. The highest BCUT2D eigenvalue weighted by molar-refractivity contribution is 6.30. The Bertz CT molecular complexity index is 446. The molecule has 0 spiro atoms. The summed E-state index contributed by atoms with van der Waals surface area (Å²) in [7, 11) is 0. The van der Waals surface area contributed by atoms with Crippen molar-refractivity contribution in [2.45, 2.75) is 51.0 Å². The van der Waals surface area contributed by atoms with E-state index in [1.54, 1.807) is 0 Å². The molecule has 1 saturated carbocycles. The Hall–Kier alpha value is -1.02. The Morgan fingerprint density at radius 2 is 1.89 bits per heavy atom. The molecule has 1 fully saturated rings. The van der Waals surface area contributed by atoms with Crippen LogP contribution < -0.4 is 5.32 Å². The maximum absolute atomic E-state index is 12.4. The summed E-state index contributed by atoms with van der Waals surface area (Å²) in [6.45, 7) is 6.20. The van der Waals surface area contributed by atoms with E-state index in [-0.39, 0.29) is 16.9 Å². The van der Waals surface area contributed by atoms with E-state index in [0.717, 1.165) is 24.8 Å². The zero-order valence-corrected chi connectivity index (χ0v) is 12.0. The Labute approximate surface area is 114 Å². The van der Waals surface area contributed by atoms with E-state index in [1.165, 1.54) is 0 Å². The minimum absolute atomic E-state index is 0.140. The van der Waals surface area contributed by atoms with Crippen molar-refractivity contribution < 1.29 is 4.79 Å². The molecule has 0 unspecified atom stereocenters. The molecule has 1 amide bonds. The predicted molar refractivity (Wildman–Crippen MR) is 74.9 cm³/mol. The van der Waals surface area contributed by atoms with Gasteiger partial charge in [-0.1, -0.05) is 30.7 Å². The second-order valence-corrected chi connectivity index (χ2v) is 6.22. The highest BCUT2D eigenvalue weighted by Gasteiger charge is 2.51. The minimum Gasteiger partial charge on any atom is -0.350 e. The third-order valence-corrected chi connectivity index (χ3v) is 4.17. The van der Waals surface area contributed by atoms with Crippen LogP contribution in [0.4, 0.5) is 0 Å². The van der Waals surface area contributed by atoms with Gasteiger partial charge in [0.15, 0.2) is 0 Å². The lowest BCUT2D eigenvalue weighted by Gasteiger charge is -2.27. The molecule has 1 N–H and O–H groups in total. The first-order valence-electron chi connectivity index (χ1n) is 6.48. The van der Waals surface area contributed by atoms with E-state index < -0.39 is 0 Å². The van der Waals surface area contributed by atoms with Gasteiger partial charge in [0.1, 0.15) is 0 Å². The van der Waals surface area contributed by atoms with Crippen molar-refractivity contribution in [1.82, 2.24) is 5.32 Å². The fraction of sp³-hybridized carbons (Fsp3) is 0.533. The Balaban J connectivity index is 2.17. The van der Waals surface area contributed by atoms with E-state index in [0.29, 0.717) is 5.02 Å². The van der Waals surface area contributed by atoms with E-state index >= 15 is 0 Å². The average molecular weight is 266 g/mol. The first-order valence-corrected chi connectivity index (χ1v) is 6.86. The van der Waals surface area contributed by atoms with Crippen molar-refractivity contribution in [3.8, 4) is 0 Å². The highest BCUT2D eigenvalue weighted by atomic mass is 35.5. The van der Waals surface area contributed by atoms with Crippen LogP contribution in [0.5, 0.6) is 0 Å². The largest absolute Gasteiger partial charge is 0.350 e. The molecule has 2 nitrogen and oxygen atoms in total. The summed E-state index contributed by atoms with van der Waals surface area (Å²) in [5.41, 5.74) is 0.632. The van der Waals surface area contributed by atoms with Crippen LogP contribution in [0.1, 0.15) is 45.6 Å². The number of hydrogen-bond acceptors (Lipinski definition) is 1. The van der Waals surface area contributed by atoms with Crippen molar-refractivity contribution in [1.29, 1.82) is 0 Å². The zero-order valence-electron chi connectivity index (χ0n) is 11.2. The topological polar surface area (TPSA) is 29.1 Å². The van der Waals surface area contributed by atoms with Gasteiger partial charge in [0, 0.05) is 10.6 Å². The van der Waals surface area contributed by atoms with E-state index in [9.17, 15) is 4.79 Å².